The second-order valence-electron chi connectivity index (χ2n) is 6.63. The molecule has 3 fully saturated rings. The second kappa shape index (κ2) is 6.55. The number of hydrogen-bond acceptors (Lipinski definition) is 3. The van der Waals surface area contributed by atoms with E-state index in [-0.39, 0.29) is 0 Å². The van der Waals surface area contributed by atoms with Crippen molar-refractivity contribution >= 4 is 0 Å². The van der Waals surface area contributed by atoms with Crippen LogP contribution >= 0.6 is 0 Å². The first-order valence-electron chi connectivity index (χ1n) is 8.46. The van der Waals surface area contributed by atoms with Crippen molar-refractivity contribution in [1.29, 1.82) is 0 Å². The van der Waals surface area contributed by atoms with Gasteiger partial charge in [-0.3, -0.25) is 9.80 Å². The number of piperidine rings is 1. The molecule has 0 saturated carbocycles. The zero-order valence-electron chi connectivity index (χ0n) is 12.5. The molecule has 3 nitrogen and oxygen atoms in total. The second-order valence-corrected chi connectivity index (χ2v) is 6.63. The van der Waals surface area contributed by atoms with Gasteiger partial charge in [-0.15, -0.1) is 0 Å². The highest BCUT2D eigenvalue weighted by Gasteiger charge is 2.34. The van der Waals surface area contributed by atoms with Crippen LogP contribution in [0.4, 0.5) is 0 Å². The Morgan fingerprint density at radius 2 is 2.05 bits per heavy atom. The highest BCUT2D eigenvalue weighted by atomic mass is 16.5. The molecule has 0 radical (unpaired) electrons. The fourth-order valence-electron chi connectivity index (χ4n) is 4.16. The number of piperazine rings is 1. The van der Waals surface area contributed by atoms with Crippen molar-refractivity contribution in [3.63, 3.8) is 0 Å². The third-order valence-electron chi connectivity index (χ3n) is 5.39. The minimum Gasteiger partial charge on any atom is -0.378 e. The van der Waals surface area contributed by atoms with Gasteiger partial charge in [-0.1, -0.05) is 13.3 Å². The highest BCUT2D eigenvalue weighted by Crippen LogP contribution is 2.26. The standard InChI is InChI=1S/C16H30N2O/c1-2-14-12-17-9-4-3-6-15(17)13-18(14)10-8-16-7-5-11-19-16/h14-16H,2-13H2,1H3. The minimum atomic E-state index is 0.557. The Labute approximate surface area is 118 Å². The van der Waals surface area contributed by atoms with E-state index in [1.165, 1.54) is 71.1 Å². The highest BCUT2D eigenvalue weighted by molar-refractivity contribution is 4.90. The van der Waals surface area contributed by atoms with Gasteiger partial charge in [0.15, 0.2) is 0 Å². The summed E-state index contributed by atoms with van der Waals surface area (Å²) in [6.45, 7) is 8.58. The first-order valence-corrected chi connectivity index (χ1v) is 8.46. The summed E-state index contributed by atoms with van der Waals surface area (Å²) in [5.74, 6) is 0. The first kappa shape index (κ1) is 13.8. The summed E-state index contributed by atoms with van der Waals surface area (Å²) in [5, 5.41) is 0. The Kier molecular flexibility index (Phi) is 4.78. The molecular formula is C16H30N2O. The van der Waals surface area contributed by atoms with Crippen LogP contribution in [-0.2, 0) is 4.74 Å². The van der Waals surface area contributed by atoms with Crippen LogP contribution in [0.2, 0.25) is 0 Å². The topological polar surface area (TPSA) is 15.7 Å². The molecule has 3 aliphatic heterocycles. The molecule has 3 atom stereocenters. The number of ether oxygens (including phenoxy) is 1. The zero-order chi connectivity index (χ0) is 13.1. The van der Waals surface area contributed by atoms with Gasteiger partial charge in [-0.25, -0.2) is 0 Å². The van der Waals surface area contributed by atoms with Crippen molar-refractivity contribution in [2.24, 2.45) is 0 Å². The molecule has 0 N–H and O–H groups in total. The average molecular weight is 266 g/mol. The maximum absolute atomic E-state index is 5.78. The largest absolute Gasteiger partial charge is 0.378 e. The van der Waals surface area contributed by atoms with Gasteiger partial charge in [0.25, 0.3) is 0 Å². The smallest absolute Gasteiger partial charge is 0.0588 e. The fraction of sp³-hybridized carbons (Fsp3) is 1.00. The number of rotatable bonds is 4. The van der Waals surface area contributed by atoms with E-state index in [9.17, 15) is 0 Å². The number of fused-ring (bicyclic) bond motifs is 1. The van der Waals surface area contributed by atoms with Crippen LogP contribution in [0, 0.1) is 0 Å². The maximum atomic E-state index is 5.78. The quantitative estimate of drug-likeness (QED) is 0.777. The molecule has 3 saturated heterocycles. The zero-order valence-corrected chi connectivity index (χ0v) is 12.5. The van der Waals surface area contributed by atoms with E-state index in [0.29, 0.717) is 6.10 Å². The van der Waals surface area contributed by atoms with Gasteiger partial charge in [-0.2, -0.15) is 0 Å². The lowest BCUT2D eigenvalue weighted by atomic mass is 9.95. The van der Waals surface area contributed by atoms with Gasteiger partial charge in [0.05, 0.1) is 6.10 Å². The molecule has 19 heavy (non-hydrogen) atoms. The third kappa shape index (κ3) is 3.32. The van der Waals surface area contributed by atoms with Crippen molar-refractivity contribution in [1.82, 2.24) is 9.80 Å². The van der Waals surface area contributed by atoms with E-state index in [2.05, 4.69) is 16.7 Å². The molecule has 110 valence electrons. The Bertz CT molecular complexity index is 278. The molecule has 0 aliphatic carbocycles. The summed E-state index contributed by atoms with van der Waals surface area (Å²) in [5.41, 5.74) is 0. The molecule has 3 aliphatic rings. The summed E-state index contributed by atoms with van der Waals surface area (Å²) in [4.78, 5) is 5.54. The Morgan fingerprint density at radius 3 is 2.84 bits per heavy atom. The molecule has 3 heterocycles. The summed E-state index contributed by atoms with van der Waals surface area (Å²) in [6, 6.07) is 1.64. The molecular weight excluding hydrogens is 236 g/mol. The number of nitrogens with zero attached hydrogens (tertiary/aromatic N) is 2. The molecule has 3 rings (SSSR count). The summed E-state index contributed by atoms with van der Waals surface area (Å²) < 4.78 is 5.78. The van der Waals surface area contributed by atoms with Gasteiger partial charge >= 0.3 is 0 Å². The van der Waals surface area contributed by atoms with Crippen molar-refractivity contribution < 1.29 is 4.74 Å². The summed E-state index contributed by atoms with van der Waals surface area (Å²) in [6.07, 6.45) is 9.96. The van der Waals surface area contributed by atoms with Crippen LogP contribution < -0.4 is 0 Å². The van der Waals surface area contributed by atoms with E-state index < -0.39 is 0 Å². The van der Waals surface area contributed by atoms with Crippen LogP contribution in [0.15, 0.2) is 0 Å². The molecule has 3 heteroatoms. The van der Waals surface area contributed by atoms with Crippen LogP contribution in [0.25, 0.3) is 0 Å². The van der Waals surface area contributed by atoms with Crippen LogP contribution in [-0.4, -0.2) is 60.8 Å². The van der Waals surface area contributed by atoms with E-state index in [0.717, 1.165) is 18.7 Å². The monoisotopic (exact) mass is 266 g/mol. The van der Waals surface area contributed by atoms with Crippen molar-refractivity contribution in [2.45, 2.75) is 70.1 Å². The molecule has 0 amide bonds. The Balaban J connectivity index is 1.52. The average Bonchev–Trinajstić information content (AvgIpc) is 2.97. The normalized spacial score (nSPS) is 37.4. The molecule has 0 aromatic carbocycles. The van der Waals surface area contributed by atoms with Gasteiger partial charge in [0.2, 0.25) is 0 Å². The van der Waals surface area contributed by atoms with E-state index >= 15 is 0 Å². The molecule has 0 aromatic rings. The van der Waals surface area contributed by atoms with Crippen LogP contribution in [0.3, 0.4) is 0 Å². The molecule has 0 bridgehead atoms. The molecule has 0 spiro atoms. The lowest BCUT2D eigenvalue weighted by molar-refractivity contribution is -0.00128. The maximum Gasteiger partial charge on any atom is 0.0588 e. The van der Waals surface area contributed by atoms with Gasteiger partial charge < -0.3 is 4.74 Å². The predicted molar refractivity (Wildman–Crippen MR) is 78.5 cm³/mol. The third-order valence-corrected chi connectivity index (χ3v) is 5.39. The van der Waals surface area contributed by atoms with Crippen molar-refractivity contribution in [2.75, 3.05) is 32.8 Å². The Morgan fingerprint density at radius 1 is 1.11 bits per heavy atom. The van der Waals surface area contributed by atoms with E-state index in [4.69, 9.17) is 4.74 Å². The molecule has 3 unspecified atom stereocenters. The SMILES string of the molecule is CCC1CN2CCCCC2CN1CCC1CCCO1. The minimum absolute atomic E-state index is 0.557. The summed E-state index contributed by atoms with van der Waals surface area (Å²) >= 11 is 0. The predicted octanol–water partition coefficient (Wildman–Crippen LogP) is 2.50. The Hall–Kier alpha value is -0.120. The lowest BCUT2D eigenvalue weighted by Crippen LogP contribution is -2.59. The van der Waals surface area contributed by atoms with Crippen molar-refractivity contribution in [3.8, 4) is 0 Å². The van der Waals surface area contributed by atoms with Crippen LogP contribution in [0.5, 0.6) is 0 Å². The van der Waals surface area contributed by atoms with Gasteiger partial charge in [-0.05, 0) is 45.1 Å². The van der Waals surface area contributed by atoms with E-state index in [1.54, 1.807) is 0 Å². The van der Waals surface area contributed by atoms with Crippen molar-refractivity contribution in [3.05, 3.63) is 0 Å². The van der Waals surface area contributed by atoms with E-state index in [1.807, 2.05) is 0 Å². The number of hydrogen-bond donors (Lipinski definition) is 0. The molecule has 0 aromatic heterocycles. The fourth-order valence-corrected chi connectivity index (χ4v) is 4.16. The first-order chi connectivity index (χ1) is 9.36. The van der Waals surface area contributed by atoms with Gasteiger partial charge in [0, 0.05) is 38.3 Å². The van der Waals surface area contributed by atoms with Gasteiger partial charge in [0.1, 0.15) is 0 Å². The van der Waals surface area contributed by atoms with Crippen LogP contribution in [0.1, 0.15) is 51.9 Å². The summed E-state index contributed by atoms with van der Waals surface area (Å²) in [7, 11) is 0. The lowest BCUT2D eigenvalue weighted by Gasteiger charge is -2.48.